The number of carbonyl (C=O) groups is 12. The normalized spacial score (nSPS) is 19.5. The third kappa shape index (κ3) is 45.3. The number of hydrogen-bond acceptors (Lipinski definition) is 12. The molecule has 616 valence electrons. The summed E-state index contributed by atoms with van der Waals surface area (Å²) in [5.74, 6) is 4.61. The third-order valence-corrected chi connectivity index (χ3v) is 20.4. The molecule has 0 heterocycles. The lowest BCUT2D eigenvalue weighted by molar-refractivity contribution is -0.115. The minimum absolute atomic E-state index is 0.121. The zero-order valence-electron chi connectivity index (χ0n) is 72.4. The Bertz CT molecular complexity index is 4020. The van der Waals surface area contributed by atoms with Gasteiger partial charge >= 0.3 is 0 Å². The molecule has 5 unspecified atom stereocenters. The van der Waals surface area contributed by atoms with Crippen LogP contribution in [0, 0.1) is 36.5 Å². The van der Waals surface area contributed by atoms with Crippen molar-refractivity contribution in [1.82, 2.24) is 0 Å². The highest BCUT2D eigenvalue weighted by atomic mass is 16.2. The van der Waals surface area contributed by atoms with E-state index < -0.39 is 0 Å². The lowest BCUT2D eigenvalue weighted by Crippen LogP contribution is -2.10. The monoisotopic (exact) mass is 1550 g/mol. The minimum atomic E-state index is 0.121. The molecule has 0 saturated carbocycles. The molecule has 0 fully saturated rings. The molecular weight excluding hydrogens is 1420 g/mol. The molecule has 0 N–H and O–H groups in total. The van der Waals surface area contributed by atoms with Crippen LogP contribution in [-0.4, -0.2) is 69.4 Å². The van der Waals surface area contributed by atoms with Crippen molar-refractivity contribution in [2.75, 3.05) is 0 Å². The van der Waals surface area contributed by atoms with Gasteiger partial charge in [-0.25, -0.2) is 0 Å². The fraction of sp³-hybridized carbons (Fsp3) is 0.451. The van der Waals surface area contributed by atoms with E-state index in [4.69, 9.17) is 0 Å². The van der Waals surface area contributed by atoms with Crippen molar-refractivity contribution in [3.8, 4) is 0 Å². The van der Waals surface area contributed by atoms with Gasteiger partial charge in [0.2, 0.25) is 0 Å². The van der Waals surface area contributed by atoms with Crippen LogP contribution in [0.1, 0.15) is 292 Å². The highest BCUT2D eigenvalue weighted by Gasteiger charge is 2.19. The Morgan fingerprint density at radius 2 is 0.640 bits per heavy atom. The van der Waals surface area contributed by atoms with Crippen LogP contribution in [0.4, 0.5) is 0 Å². The summed E-state index contributed by atoms with van der Waals surface area (Å²) in [5.41, 5.74) is 12.5. The van der Waals surface area contributed by atoms with Gasteiger partial charge in [-0.3, -0.25) is 57.5 Å². The second kappa shape index (κ2) is 60.0. The van der Waals surface area contributed by atoms with Crippen molar-refractivity contribution in [2.45, 2.75) is 272 Å². The standard InChI is InChI=1S/C10H16O.C10H12O.C9H14O.C9H10O.C9H14O.C9H10O.C8H12O.C8H10O.C8H12O.C8H8O.C7H10O.C7H8O/c2*1-8-6-4-3-5-7-10(8)9(2)11;2*1-7-5-3-4-6-9(7)8(2)10;2*1-8(10)9-6-4-2-3-5-7-9;2*1-6-4-3-5-8(6)7(2)9;2*1-7(9)8-5-3-2-4-6-8;2*1-6(8)7-4-2-3-5-7/h7-8H,3-6H2,1-2H3;3-8H,1-2H3;6-7H,3-5H2,1-2H3;3-6H,1-2H3;6H,2-5,7H2,1H3;2-6H,7H2,1H3;5-6H,3-4H2,1-2H3;3-6H,1-2H3;5H,2-4,6H2,1H3;2-6H,1H3;4H,2-3,5H2,1H3;2-4H,5H2,1H3. The molecule has 0 saturated heterocycles. The van der Waals surface area contributed by atoms with E-state index in [9.17, 15) is 57.5 Å². The van der Waals surface area contributed by atoms with Gasteiger partial charge in [0.15, 0.2) is 69.4 Å². The quantitative estimate of drug-likeness (QED) is 0.182. The smallest absolute Gasteiger partial charge is 0.160 e. The van der Waals surface area contributed by atoms with E-state index in [1.807, 2.05) is 179 Å². The number of Topliss-reactive ketones (excluding diaryl/α,β-unsaturated/α-hetero) is 12. The summed E-state index contributed by atoms with van der Waals surface area (Å²) in [6.07, 6.45) is 69.3. The molecule has 10 aliphatic rings. The molecule has 0 radical (unpaired) electrons. The molecule has 0 spiro atoms. The summed E-state index contributed by atoms with van der Waals surface area (Å²) >= 11 is 0. The van der Waals surface area contributed by atoms with Gasteiger partial charge in [0.05, 0.1) is 0 Å². The molecule has 5 atom stereocenters. The van der Waals surface area contributed by atoms with E-state index in [1.165, 1.54) is 70.6 Å². The van der Waals surface area contributed by atoms with E-state index in [1.54, 1.807) is 83.1 Å². The summed E-state index contributed by atoms with van der Waals surface area (Å²) < 4.78 is 0. The zero-order chi connectivity index (χ0) is 85.5. The number of rotatable bonds is 12. The number of ketones is 12. The average Bonchev–Trinajstić information content (AvgIpc) is 1.88. The van der Waals surface area contributed by atoms with Gasteiger partial charge < -0.3 is 0 Å². The Hall–Kier alpha value is -9.68. The van der Waals surface area contributed by atoms with Gasteiger partial charge in [-0.05, 0) is 293 Å². The Morgan fingerprint density at radius 1 is 0.272 bits per heavy atom. The Morgan fingerprint density at radius 3 is 1.04 bits per heavy atom. The molecule has 2 aromatic carbocycles. The van der Waals surface area contributed by atoms with Crippen molar-refractivity contribution >= 4 is 69.4 Å². The highest BCUT2D eigenvalue weighted by molar-refractivity contribution is 5.99. The van der Waals surface area contributed by atoms with Crippen LogP contribution in [-0.2, 0) is 47.9 Å². The van der Waals surface area contributed by atoms with Crippen LogP contribution in [0.3, 0.4) is 0 Å². The van der Waals surface area contributed by atoms with Gasteiger partial charge in [0, 0.05) is 34.1 Å². The van der Waals surface area contributed by atoms with Crippen LogP contribution in [0.25, 0.3) is 0 Å². The van der Waals surface area contributed by atoms with Crippen molar-refractivity contribution in [3.05, 3.63) is 261 Å². The molecule has 12 heteroatoms. The van der Waals surface area contributed by atoms with Crippen LogP contribution in [0.2, 0.25) is 0 Å². The predicted molar refractivity (Wildman–Crippen MR) is 472 cm³/mol. The van der Waals surface area contributed by atoms with Crippen molar-refractivity contribution in [3.63, 3.8) is 0 Å². The van der Waals surface area contributed by atoms with Crippen LogP contribution in [0.15, 0.2) is 244 Å². The molecule has 12 nitrogen and oxygen atoms in total. The maximum atomic E-state index is 11.1. The fourth-order valence-electron chi connectivity index (χ4n) is 13.4. The van der Waals surface area contributed by atoms with Gasteiger partial charge in [0.1, 0.15) is 0 Å². The van der Waals surface area contributed by atoms with Gasteiger partial charge in [0.25, 0.3) is 0 Å². The van der Waals surface area contributed by atoms with Crippen molar-refractivity contribution in [2.24, 2.45) is 29.6 Å². The van der Waals surface area contributed by atoms with E-state index in [2.05, 4.69) is 51.2 Å². The average molecular weight is 1550 g/mol. The Labute approximate surface area is 685 Å². The Kier molecular flexibility index (Phi) is 53.8. The number of hydrogen-bond donors (Lipinski definition) is 0. The van der Waals surface area contributed by atoms with E-state index >= 15 is 0 Å². The van der Waals surface area contributed by atoms with Gasteiger partial charge in [-0.2, -0.15) is 0 Å². The summed E-state index contributed by atoms with van der Waals surface area (Å²) in [5, 5.41) is 0. The number of benzene rings is 2. The van der Waals surface area contributed by atoms with Gasteiger partial charge in [-0.1, -0.05) is 236 Å². The second-order valence-corrected chi connectivity index (χ2v) is 30.3. The topological polar surface area (TPSA) is 205 Å². The molecule has 0 aliphatic heterocycles. The predicted octanol–water partition coefficient (Wildman–Crippen LogP) is 24.7. The summed E-state index contributed by atoms with van der Waals surface area (Å²) in [7, 11) is 0. The van der Waals surface area contributed by atoms with Gasteiger partial charge in [-0.15, -0.1) is 0 Å². The lowest BCUT2D eigenvalue weighted by atomic mass is 9.87. The minimum Gasteiger partial charge on any atom is -0.295 e. The van der Waals surface area contributed by atoms with Crippen LogP contribution < -0.4 is 0 Å². The first-order valence-corrected chi connectivity index (χ1v) is 41.3. The molecule has 12 rings (SSSR count). The number of allylic oxidation sites excluding steroid dienone is 32. The zero-order valence-corrected chi connectivity index (χ0v) is 72.4. The molecule has 2 aromatic rings. The molecular formula is C102H136O12. The summed E-state index contributed by atoms with van der Waals surface area (Å²) in [6.45, 7) is 31.9. The second-order valence-electron chi connectivity index (χ2n) is 30.3. The Balaban J connectivity index is 0.000000622. The maximum absolute atomic E-state index is 11.1. The maximum Gasteiger partial charge on any atom is 0.160 e. The first kappa shape index (κ1) is 102. The van der Waals surface area contributed by atoms with Crippen molar-refractivity contribution in [1.29, 1.82) is 0 Å². The first-order chi connectivity index (χ1) is 54.1. The van der Waals surface area contributed by atoms with E-state index in [0.29, 0.717) is 23.7 Å². The fourth-order valence-corrected chi connectivity index (χ4v) is 13.4. The summed E-state index contributed by atoms with van der Waals surface area (Å²) in [4.78, 5) is 130. The largest absolute Gasteiger partial charge is 0.295 e. The molecule has 0 bridgehead atoms. The summed E-state index contributed by atoms with van der Waals surface area (Å²) in [6, 6.07) is 16.8. The van der Waals surface area contributed by atoms with Crippen molar-refractivity contribution < 1.29 is 57.5 Å². The lowest BCUT2D eigenvalue weighted by Gasteiger charge is -2.17. The van der Waals surface area contributed by atoms with Crippen LogP contribution in [0.5, 0.6) is 0 Å². The molecule has 114 heavy (non-hydrogen) atoms. The van der Waals surface area contributed by atoms with E-state index in [-0.39, 0.29) is 75.3 Å². The first-order valence-electron chi connectivity index (χ1n) is 41.3. The molecule has 10 aliphatic carbocycles. The third-order valence-electron chi connectivity index (χ3n) is 20.4. The van der Waals surface area contributed by atoms with Crippen LogP contribution >= 0.6 is 0 Å². The molecule has 0 aromatic heterocycles. The number of aryl methyl sites for hydroxylation is 1. The SMILES string of the molecule is CC(=O)C1=CC=CC1.CC(=O)C1=CC=CC1C.CC(=O)C1=CC=CC=CC1.CC(=O)C1=CC=CC=CC1C.CC(=O)C1=CCCC1.CC(=O)C1=CCCC1C.CC(=O)C1=CCCCC1.CC(=O)C1=CCCCC1C.CC(=O)C1=CCCCCC1.CC(=O)C1=CCCCCC1C.CC(=O)c1ccccc1.CC(=O)c1ccccc1C. The highest BCUT2D eigenvalue weighted by Crippen LogP contribution is 2.28. The molecule has 0 amide bonds. The number of carbonyl (C=O) groups excluding carboxylic acids is 12. The van der Waals surface area contributed by atoms with E-state index in [0.717, 1.165) is 149 Å².